The Morgan fingerprint density at radius 3 is 2.57 bits per heavy atom. The second-order valence-electron chi connectivity index (χ2n) is 10.3. The highest BCUT2D eigenvalue weighted by Gasteiger charge is 2.31. The minimum Gasteiger partial charge on any atom is -0.342 e. The van der Waals surface area contributed by atoms with Crippen molar-refractivity contribution in [1.29, 1.82) is 0 Å². The van der Waals surface area contributed by atoms with Crippen molar-refractivity contribution >= 4 is 51.9 Å². The number of anilines is 1. The van der Waals surface area contributed by atoms with Gasteiger partial charge in [-0.2, -0.15) is 0 Å². The molecule has 1 aliphatic heterocycles. The highest BCUT2D eigenvalue weighted by atomic mass is 35.5. The molecule has 186 valence electrons. The van der Waals surface area contributed by atoms with Crippen molar-refractivity contribution in [3.63, 3.8) is 0 Å². The van der Waals surface area contributed by atoms with Crippen LogP contribution >= 0.6 is 23.4 Å². The number of rotatable bonds is 5. The Morgan fingerprint density at radius 2 is 1.91 bits per heavy atom. The van der Waals surface area contributed by atoms with Gasteiger partial charge in [-0.25, -0.2) is 4.98 Å². The molecule has 2 aromatic carbocycles. The number of hydrogen-bond acceptors (Lipinski definition) is 4. The number of imidazole rings is 1. The van der Waals surface area contributed by atoms with E-state index in [-0.39, 0.29) is 22.5 Å². The number of halogens is 1. The molecule has 1 aliphatic rings. The molecule has 6 nitrogen and oxygen atoms in total. The summed E-state index contributed by atoms with van der Waals surface area (Å²) in [6.45, 7) is 11.3. The van der Waals surface area contributed by atoms with Crippen LogP contribution in [0.15, 0.2) is 41.6 Å². The molecule has 2 N–H and O–H groups in total. The number of piperidine rings is 1. The Hall–Kier alpha value is -2.51. The van der Waals surface area contributed by atoms with E-state index in [1.165, 1.54) is 17.3 Å². The van der Waals surface area contributed by atoms with Gasteiger partial charge in [0.05, 0.1) is 27.0 Å². The number of likely N-dealkylation sites (tertiary alicyclic amines) is 1. The van der Waals surface area contributed by atoms with Gasteiger partial charge in [-0.3, -0.25) is 9.59 Å². The maximum absolute atomic E-state index is 12.8. The number of aromatic nitrogens is 2. The molecule has 3 aromatic rings. The van der Waals surface area contributed by atoms with Gasteiger partial charge in [-0.15, -0.1) is 0 Å². The molecule has 0 saturated carbocycles. The van der Waals surface area contributed by atoms with E-state index in [1.54, 1.807) is 0 Å². The molecule has 1 saturated heterocycles. The molecule has 2 amide bonds. The molecule has 0 bridgehead atoms. The van der Waals surface area contributed by atoms with Crippen molar-refractivity contribution in [2.45, 2.75) is 63.8 Å². The number of amides is 2. The zero-order valence-corrected chi connectivity index (χ0v) is 22.5. The van der Waals surface area contributed by atoms with Gasteiger partial charge in [-0.1, -0.05) is 62.3 Å². The first kappa shape index (κ1) is 25.6. The van der Waals surface area contributed by atoms with E-state index in [4.69, 9.17) is 16.6 Å². The van der Waals surface area contributed by atoms with Gasteiger partial charge >= 0.3 is 0 Å². The van der Waals surface area contributed by atoms with Crippen molar-refractivity contribution in [2.75, 3.05) is 18.4 Å². The number of hydrogen-bond donors (Lipinski definition) is 2. The van der Waals surface area contributed by atoms with Crippen LogP contribution in [0, 0.1) is 12.3 Å². The van der Waals surface area contributed by atoms with Crippen LogP contribution in [0.3, 0.4) is 0 Å². The third-order valence-corrected chi connectivity index (χ3v) is 7.73. The molecule has 8 heteroatoms. The van der Waals surface area contributed by atoms with Crippen LogP contribution in [0.2, 0.25) is 5.02 Å². The largest absolute Gasteiger partial charge is 0.342 e. The summed E-state index contributed by atoms with van der Waals surface area (Å²) in [6, 6.07) is 11.8. The van der Waals surface area contributed by atoms with Gasteiger partial charge in [0.15, 0.2) is 5.16 Å². The van der Waals surface area contributed by atoms with E-state index in [9.17, 15) is 9.59 Å². The molecule has 1 atom stereocenters. The highest BCUT2D eigenvalue weighted by molar-refractivity contribution is 8.00. The van der Waals surface area contributed by atoms with Gasteiger partial charge in [-0.05, 0) is 61.9 Å². The third kappa shape index (κ3) is 5.84. The highest BCUT2D eigenvalue weighted by Crippen LogP contribution is 2.35. The smallest absolute Gasteiger partial charge is 0.237 e. The predicted octanol–water partition coefficient (Wildman–Crippen LogP) is 6.40. The summed E-state index contributed by atoms with van der Waals surface area (Å²) >= 11 is 7.66. The number of para-hydroxylation sites is 1. The Kier molecular flexibility index (Phi) is 7.48. The Morgan fingerprint density at radius 1 is 1.20 bits per heavy atom. The average molecular weight is 513 g/mol. The number of benzene rings is 2. The van der Waals surface area contributed by atoms with Gasteiger partial charge in [0.2, 0.25) is 11.8 Å². The maximum atomic E-state index is 12.8. The van der Waals surface area contributed by atoms with Crippen LogP contribution in [0.5, 0.6) is 0 Å². The fourth-order valence-corrected chi connectivity index (χ4v) is 5.57. The minimum absolute atomic E-state index is 0.127. The van der Waals surface area contributed by atoms with E-state index in [1.807, 2.05) is 69.9 Å². The van der Waals surface area contributed by atoms with Crippen LogP contribution < -0.4 is 5.32 Å². The quantitative estimate of drug-likeness (QED) is 0.388. The summed E-state index contributed by atoms with van der Waals surface area (Å²) in [7, 11) is 0. The van der Waals surface area contributed by atoms with Crippen LogP contribution in [0.1, 0.15) is 57.6 Å². The normalized spacial score (nSPS) is 15.9. The fourth-order valence-electron chi connectivity index (χ4n) is 4.47. The molecular formula is C27H33ClN4O2S. The van der Waals surface area contributed by atoms with E-state index in [0.717, 1.165) is 42.5 Å². The molecule has 0 radical (unpaired) electrons. The molecule has 1 unspecified atom stereocenters. The van der Waals surface area contributed by atoms with E-state index in [2.05, 4.69) is 16.4 Å². The number of nitrogens with one attached hydrogen (secondary N) is 2. The summed E-state index contributed by atoms with van der Waals surface area (Å²) in [5.41, 5.74) is 4.44. The topological polar surface area (TPSA) is 78.1 Å². The first-order valence-corrected chi connectivity index (χ1v) is 13.3. The lowest BCUT2D eigenvalue weighted by Crippen LogP contribution is -2.43. The molecule has 0 aliphatic carbocycles. The molecule has 2 heterocycles. The summed E-state index contributed by atoms with van der Waals surface area (Å²) in [6.07, 6.45) is 1.86. The average Bonchev–Trinajstić information content (AvgIpc) is 3.22. The van der Waals surface area contributed by atoms with Crippen molar-refractivity contribution in [3.05, 3.63) is 52.5 Å². The second-order valence-corrected chi connectivity index (χ2v) is 12.1. The number of nitrogens with zero attached hydrogens (tertiary/aromatic N) is 2. The van der Waals surface area contributed by atoms with Crippen LogP contribution in [-0.4, -0.2) is 45.0 Å². The zero-order valence-electron chi connectivity index (χ0n) is 20.9. The number of fused-ring (bicyclic) bond motifs is 1. The first-order chi connectivity index (χ1) is 16.5. The minimum atomic E-state index is -0.358. The number of aromatic amines is 1. The lowest BCUT2D eigenvalue weighted by Gasteiger charge is -2.36. The van der Waals surface area contributed by atoms with Crippen molar-refractivity contribution < 1.29 is 9.59 Å². The SMILES string of the molecule is Cc1ccc(NC(=O)C(C)Sc2nc3cccc(C4CCN(C(=O)C(C)(C)C)CC4)c3[nH]2)c(Cl)c1. The van der Waals surface area contributed by atoms with E-state index < -0.39 is 0 Å². The Labute approximate surface area is 216 Å². The summed E-state index contributed by atoms with van der Waals surface area (Å²) in [5.74, 6) is 0.455. The molecule has 1 fully saturated rings. The van der Waals surface area contributed by atoms with Gasteiger partial charge in [0.25, 0.3) is 0 Å². The molecule has 4 rings (SSSR count). The van der Waals surface area contributed by atoms with Crippen LogP contribution in [-0.2, 0) is 9.59 Å². The number of carbonyl (C=O) groups excluding carboxylic acids is 2. The molecular weight excluding hydrogens is 480 g/mol. The number of aryl methyl sites for hydroxylation is 1. The third-order valence-electron chi connectivity index (χ3n) is 6.43. The van der Waals surface area contributed by atoms with Crippen LogP contribution in [0.25, 0.3) is 11.0 Å². The first-order valence-electron chi connectivity index (χ1n) is 12.0. The molecule has 0 spiro atoms. The summed E-state index contributed by atoms with van der Waals surface area (Å²) < 4.78 is 0. The van der Waals surface area contributed by atoms with Crippen molar-refractivity contribution in [1.82, 2.24) is 14.9 Å². The fraction of sp³-hybridized carbons (Fsp3) is 0.444. The van der Waals surface area contributed by atoms with E-state index in [0.29, 0.717) is 21.8 Å². The van der Waals surface area contributed by atoms with Crippen LogP contribution in [0.4, 0.5) is 5.69 Å². The monoisotopic (exact) mass is 512 g/mol. The molecule has 1 aromatic heterocycles. The lowest BCUT2D eigenvalue weighted by molar-refractivity contribution is -0.140. The summed E-state index contributed by atoms with van der Waals surface area (Å²) in [5, 5.41) is 3.79. The van der Waals surface area contributed by atoms with Gasteiger partial charge in [0, 0.05) is 18.5 Å². The molecule has 35 heavy (non-hydrogen) atoms. The van der Waals surface area contributed by atoms with Gasteiger partial charge in [0.1, 0.15) is 0 Å². The maximum Gasteiger partial charge on any atom is 0.237 e. The number of thioether (sulfide) groups is 1. The predicted molar refractivity (Wildman–Crippen MR) is 144 cm³/mol. The van der Waals surface area contributed by atoms with Gasteiger partial charge < -0.3 is 15.2 Å². The number of H-pyrrole nitrogens is 1. The summed E-state index contributed by atoms with van der Waals surface area (Å²) in [4.78, 5) is 35.6. The zero-order chi connectivity index (χ0) is 25.3. The Balaban J connectivity index is 1.44. The van der Waals surface area contributed by atoms with Crippen molar-refractivity contribution in [3.8, 4) is 0 Å². The second kappa shape index (κ2) is 10.2. The lowest BCUT2D eigenvalue weighted by atomic mass is 9.87. The van der Waals surface area contributed by atoms with Crippen molar-refractivity contribution in [2.24, 2.45) is 5.41 Å². The van der Waals surface area contributed by atoms with E-state index >= 15 is 0 Å². The Bertz CT molecular complexity index is 1240. The number of carbonyl (C=O) groups is 2. The standard InChI is InChI=1S/C27H33ClN4O2S/c1-16-9-10-21(20(28)15-16)29-24(33)17(2)35-26-30-22-8-6-7-19(23(22)31-26)18-11-13-32(14-12-18)25(34)27(3,4)5/h6-10,15,17-18H,11-14H2,1-5H3,(H,29,33)(H,30,31).